The third kappa shape index (κ3) is 2.02. The molecule has 3 aliphatic heterocycles. The van der Waals surface area contributed by atoms with Crippen LogP contribution in [0, 0.1) is 0 Å². The lowest BCUT2D eigenvalue weighted by Crippen LogP contribution is -2.46. The fourth-order valence-electron chi connectivity index (χ4n) is 4.41. The number of carbonyl (C=O) groups is 1. The SMILES string of the molecule is CC[C@@]1(O)C(=O)OC2OCOc3cccc4nc5c(cc34)Cn3c-5cc1c2c3=O. The first-order chi connectivity index (χ1) is 14.0. The largest absolute Gasteiger partial charge is 0.467 e. The molecule has 0 saturated carbocycles. The van der Waals surface area contributed by atoms with Gasteiger partial charge >= 0.3 is 5.97 Å². The Bertz CT molecular complexity index is 1300. The van der Waals surface area contributed by atoms with Gasteiger partial charge in [0.2, 0.25) is 6.29 Å². The molecule has 146 valence electrons. The van der Waals surface area contributed by atoms with Crippen LogP contribution in [0.3, 0.4) is 0 Å². The fourth-order valence-corrected chi connectivity index (χ4v) is 4.41. The van der Waals surface area contributed by atoms with Crippen molar-refractivity contribution in [2.75, 3.05) is 6.79 Å². The van der Waals surface area contributed by atoms with E-state index in [2.05, 4.69) is 0 Å². The molecule has 2 atom stereocenters. The molecule has 29 heavy (non-hydrogen) atoms. The van der Waals surface area contributed by atoms with E-state index in [1.807, 2.05) is 24.3 Å². The molecule has 3 aromatic rings. The highest BCUT2D eigenvalue weighted by Crippen LogP contribution is 2.43. The number of benzene rings is 1. The van der Waals surface area contributed by atoms with Crippen LogP contribution in [0.15, 0.2) is 35.1 Å². The predicted molar refractivity (Wildman–Crippen MR) is 100 cm³/mol. The molecule has 0 radical (unpaired) electrons. The normalized spacial score (nSPS) is 23.8. The van der Waals surface area contributed by atoms with E-state index in [0.29, 0.717) is 23.7 Å². The van der Waals surface area contributed by atoms with Crippen molar-refractivity contribution in [3.63, 3.8) is 0 Å². The van der Waals surface area contributed by atoms with Gasteiger partial charge in [0.1, 0.15) is 5.75 Å². The molecule has 5 heterocycles. The summed E-state index contributed by atoms with van der Waals surface area (Å²) in [4.78, 5) is 30.8. The van der Waals surface area contributed by atoms with Gasteiger partial charge in [0.05, 0.1) is 29.0 Å². The molecule has 0 aliphatic carbocycles. The quantitative estimate of drug-likeness (QED) is 0.494. The first-order valence-electron chi connectivity index (χ1n) is 9.40. The van der Waals surface area contributed by atoms with E-state index in [0.717, 1.165) is 16.5 Å². The molecule has 0 fully saturated rings. The van der Waals surface area contributed by atoms with Gasteiger partial charge in [-0.05, 0) is 30.7 Å². The summed E-state index contributed by atoms with van der Waals surface area (Å²) in [6.07, 6.45) is -1.19. The maximum atomic E-state index is 13.4. The number of esters is 1. The number of aliphatic hydroxyl groups is 1. The monoisotopic (exact) mass is 392 g/mol. The van der Waals surface area contributed by atoms with Crippen molar-refractivity contribution >= 4 is 16.9 Å². The molecule has 1 aromatic carbocycles. The van der Waals surface area contributed by atoms with Crippen molar-refractivity contribution in [3.8, 4) is 17.1 Å². The Morgan fingerprint density at radius 2 is 2.17 bits per heavy atom. The average Bonchev–Trinajstić information content (AvgIpc) is 3.08. The van der Waals surface area contributed by atoms with Gasteiger partial charge in [-0.2, -0.15) is 0 Å². The van der Waals surface area contributed by atoms with Crippen molar-refractivity contribution in [1.29, 1.82) is 0 Å². The van der Waals surface area contributed by atoms with Crippen LogP contribution < -0.4 is 10.3 Å². The van der Waals surface area contributed by atoms with Gasteiger partial charge in [-0.1, -0.05) is 13.0 Å². The summed E-state index contributed by atoms with van der Waals surface area (Å²) in [6.45, 7) is 1.76. The smallest absolute Gasteiger partial charge is 0.345 e. The van der Waals surface area contributed by atoms with Gasteiger partial charge in [-0.3, -0.25) is 4.79 Å². The Hall–Kier alpha value is -3.23. The van der Waals surface area contributed by atoms with Crippen LogP contribution >= 0.6 is 0 Å². The molecular formula is C21H16N2O6. The lowest BCUT2D eigenvalue weighted by Gasteiger charge is -2.35. The standard InChI is InChI=1S/C21H16N2O6/c1-2-21(26)12-7-14-17-10-6-11-13(22-17)4-3-5-15(11)27-9-28-19(29-20(21)25)16(12)18(24)23(14)8-10/h3-7,19,26H,2,8-9H2,1H3/t19?,21-/m0/s1. The van der Waals surface area contributed by atoms with Crippen LogP contribution in [0.5, 0.6) is 5.75 Å². The van der Waals surface area contributed by atoms with E-state index >= 15 is 0 Å². The summed E-state index contributed by atoms with van der Waals surface area (Å²) < 4.78 is 18.3. The zero-order valence-corrected chi connectivity index (χ0v) is 15.5. The van der Waals surface area contributed by atoms with Gasteiger partial charge in [0.15, 0.2) is 12.4 Å². The number of fused-ring (bicyclic) bond motifs is 1. The van der Waals surface area contributed by atoms with E-state index in [1.54, 1.807) is 17.6 Å². The molecule has 2 aromatic heterocycles. The van der Waals surface area contributed by atoms with Crippen molar-refractivity contribution in [2.45, 2.75) is 31.8 Å². The minimum absolute atomic E-state index is 0.0606. The lowest BCUT2D eigenvalue weighted by atomic mass is 9.85. The highest BCUT2D eigenvalue weighted by Gasteiger charge is 2.49. The molecule has 1 N–H and O–H groups in total. The third-order valence-corrected chi connectivity index (χ3v) is 5.99. The van der Waals surface area contributed by atoms with E-state index in [4.69, 9.17) is 19.2 Å². The zero-order valence-electron chi connectivity index (χ0n) is 15.5. The lowest BCUT2D eigenvalue weighted by molar-refractivity contribution is -0.220. The Balaban J connectivity index is 1.75. The Labute approximate surface area is 164 Å². The molecule has 3 aliphatic rings. The van der Waals surface area contributed by atoms with Crippen LogP contribution in [0.4, 0.5) is 0 Å². The number of hydrogen-bond acceptors (Lipinski definition) is 7. The van der Waals surface area contributed by atoms with E-state index in [9.17, 15) is 14.7 Å². The number of pyridine rings is 2. The van der Waals surface area contributed by atoms with Crippen molar-refractivity contribution < 1.29 is 24.1 Å². The molecule has 8 nitrogen and oxygen atoms in total. The Morgan fingerprint density at radius 3 is 3.00 bits per heavy atom. The average molecular weight is 392 g/mol. The summed E-state index contributed by atoms with van der Waals surface area (Å²) in [5.41, 5.74) is 0.849. The highest BCUT2D eigenvalue weighted by atomic mass is 16.8. The first kappa shape index (κ1) is 16.7. The van der Waals surface area contributed by atoms with Crippen molar-refractivity contribution in [2.24, 2.45) is 0 Å². The number of ether oxygens (including phenoxy) is 3. The second-order valence-electron chi connectivity index (χ2n) is 7.45. The van der Waals surface area contributed by atoms with Crippen LogP contribution in [0.2, 0.25) is 0 Å². The molecule has 4 bridgehead atoms. The summed E-state index contributed by atoms with van der Waals surface area (Å²) in [5.74, 6) is -0.258. The van der Waals surface area contributed by atoms with E-state index < -0.39 is 17.9 Å². The van der Waals surface area contributed by atoms with E-state index in [-0.39, 0.29) is 29.9 Å². The number of aromatic nitrogens is 2. The molecule has 0 spiro atoms. The van der Waals surface area contributed by atoms with Gasteiger partial charge in [-0.25, -0.2) is 9.78 Å². The summed E-state index contributed by atoms with van der Waals surface area (Å²) in [6, 6.07) is 9.15. The summed E-state index contributed by atoms with van der Waals surface area (Å²) in [5, 5.41) is 11.9. The van der Waals surface area contributed by atoms with Gasteiger partial charge in [-0.15, -0.1) is 0 Å². The first-order valence-corrected chi connectivity index (χ1v) is 9.40. The second-order valence-corrected chi connectivity index (χ2v) is 7.45. The van der Waals surface area contributed by atoms with Crippen molar-refractivity contribution in [3.05, 3.63) is 57.4 Å². The van der Waals surface area contributed by atoms with Crippen LogP contribution in [-0.2, 0) is 26.4 Å². The maximum Gasteiger partial charge on any atom is 0.345 e. The molecular weight excluding hydrogens is 376 g/mol. The molecule has 1 unspecified atom stereocenters. The summed E-state index contributed by atoms with van der Waals surface area (Å²) in [7, 11) is 0. The van der Waals surface area contributed by atoms with E-state index in [1.165, 1.54) is 0 Å². The molecule has 8 heteroatoms. The van der Waals surface area contributed by atoms with Gasteiger partial charge in [0, 0.05) is 16.5 Å². The minimum Gasteiger partial charge on any atom is -0.467 e. The predicted octanol–water partition coefficient (Wildman–Crippen LogP) is 1.94. The molecule has 0 amide bonds. The number of nitrogens with zero attached hydrogens (tertiary/aromatic N) is 2. The van der Waals surface area contributed by atoms with Crippen LogP contribution in [-0.4, -0.2) is 27.4 Å². The highest BCUT2D eigenvalue weighted by molar-refractivity contribution is 5.89. The minimum atomic E-state index is -1.92. The molecule has 0 saturated heterocycles. The topological polar surface area (TPSA) is 99.9 Å². The Morgan fingerprint density at radius 1 is 1.31 bits per heavy atom. The fraction of sp³-hybridized carbons (Fsp3) is 0.286. The van der Waals surface area contributed by atoms with Crippen LogP contribution in [0.25, 0.3) is 22.3 Å². The number of carbonyl (C=O) groups excluding carboxylic acids is 1. The summed E-state index contributed by atoms with van der Waals surface area (Å²) >= 11 is 0. The maximum absolute atomic E-state index is 13.4. The number of rotatable bonds is 1. The molecule has 6 rings (SSSR count). The van der Waals surface area contributed by atoms with Gasteiger partial charge < -0.3 is 23.9 Å². The van der Waals surface area contributed by atoms with Crippen LogP contribution in [0.1, 0.15) is 36.3 Å². The zero-order chi connectivity index (χ0) is 19.9. The van der Waals surface area contributed by atoms with Crippen molar-refractivity contribution in [1.82, 2.24) is 9.55 Å². The Kier molecular flexibility index (Phi) is 3.13. The van der Waals surface area contributed by atoms with Gasteiger partial charge in [0.25, 0.3) is 5.56 Å². The third-order valence-electron chi connectivity index (χ3n) is 5.99. The second kappa shape index (κ2) is 5.43. The number of hydrogen-bond donors (Lipinski definition) is 1.